The fourth-order valence-electron chi connectivity index (χ4n) is 1.56. The lowest BCUT2D eigenvalue weighted by molar-refractivity contribution is 0.616. The van der Waals surface area contributed by atoms with Crippen LogP contribution in [-0.2, 0) is 0 Å². The largest absolute Gasteiger partial charge is 0.464 e. The van der Waals surface area contributed by atoms with Crippen molar-refractivity contribution in [1.29, 1.82) is 0 Å². The number of furan rings is 1. The maximum Gasteiger partial charge on any atom is 0.213 e. The fourth-order valence-corrected chi connectivity index (χ4v) is 1.70. The highest BCUT2D eigenvalue weighted by Gasteiger charge is 2.09. The predicted octanol–water partition coefficient (Wildman–Crippen LogP) is 2.88. The highest BCUT2D eigenvalue weighted by atomic mass is 32.1. The number of benzene rings is 1. The monoisotopic (exact) mass is 217 g/mol. The van der Waals surface area contributed by atoms with E-state index in [-0.39, 0.29) is 0 Å². The first-order valence-corrected chi connectivity index (χ1v) is 4.87. The Labute approximate surface area is 89.9 Å². The van der Waals surface area contributed by atoms with E-state index in [1.807, 2.05) is 24.3 Å². The molecular formula is C10H7N3OS. The molecule has 0 unspecified atom stereocenters. The quantitative estimate of drug-likeness (QED) is 0.616. The number of aromatic amines is 2. The Morgan fingerprint density at radius 3 is 2.87 bits per heavy atom. The summed E-state index contributed by atoms with van der Waals surface area (Å²) in [6.45, 7) is 0. The predicted molar refractivity (Wildman–Crippen MR) is 59.0 cm³/mol. The number of nitrogens with one attached hydrogen (secondary N) is 2. The van der Waals surface area contributed by atoms with Gasteiger partial charge in [-0.15, -0.1) is 0 Å². The zero-order valence-corrected chi connectivity index (χ0v) is 8.47. The van der Waals surface area contributed by atoms with Crippen molar-refractivity contribution in [2.24, 2.45) is 0 Å². The Morgan fingerprint density at radius 1 is 1.20 bits per heavy atom. The van der Waals surface area contributed by atoms with Crippen LogP contribution in [0.5, 0.6) is 0 Å². The first-order chi connectivity index (χ1) is 7.34. The fraction of sp³-hybridized carbons (Fsp3) is 0. The van der Waals surface area contributed by atoms with Crippen molar-refractivity contribution in [2.45, 2.75) is 0 Å². The average Bonchev–Trinajstić information content (AvgIpc) is 2.83. The van der Waals surface area contributed by atoms with Crippen LogP contribution in [0.2, 0.25) is 0 Å². The molecule has 15 heavy (non-hydrogen) atoms. The summed E-state index contributed by atoms with van der Waals surface area (Å²) >= 11 is 4.90. The molecule has 0 fully saturated rings. The van der Waals surface area contributed by atoms with E-state index in [0.29, 0.717) is 10.6 Å². The number of fused-ring (bicyclic) bond motifs is 1. The second-order valence-corrected chi connectivity index (χ2v) is 3.55. The molecule has 1 aromatic carbocycles. The van der Waals surface area contributed by atoms with Crippen molar-refractivity contribution in [1.82, 2.24) is 15.2 Å². The summed E-state index contributed by atoms with van der Waals surface area (Å²) in [6.07, 6.45) is 1.67. The normalized spacial score (nSPS) is 10.9. The first-order valence-electron chi connectivity index (χ1n) is 4.46. The molecule has 3 rings (SSSR count). The van der Waals surface area contributed by atoms with E-state index in [1.54, 1.807) is 6.26 Å². The molecule has 2 heterocycles. The minimum absolute atomic E-state index is 0.440. The molecule has 0 aliphatic carbocycles. The number of H-pyrrole nitrogens is 2. The lowest BCUT2D eigenvalue weighted by Gasteiger charge is -1.90. The molecule has 5 heteroatoms. The van der Waals surface area contributed by atoms with Crippen molar-refractivity contribution in [3.8, 4) is 11.4 Å². The molecule has 0 saturated carbocycles. The van der Waals surface area contributed by atoms with Crippen molar-refractivity contribution in [3.63, 3.8) is 0 Å². The number of nitrogens with zero attached hydrogens (tertiary/aromatic N) is 1. The molecule has 0 radical (unpaired) electrons. The Hall–Kier alpha value is -1.88. The van der Waals surface area contributed by atoms with Gasteiger partial charge in [0.05, 0.1) is 5.56 Å². The molecular weight excluding hydrogens is 210 g/mol. The third-order valence-corrected chi connectivity index (χ3v) is 2.43. The van der Waals surface area contributed by atoms with E-state index in [2.05, 4.69) is 15.2 Å². The molecule has 0 saturated heterocycles. The van der Waals surface area contributed by atoms with Crippen LogP contribution in [0.1, 0.15) is 0 Å². The molecule has 0 bridgehead atoms. The summed E-state index contributed by atoms with van der Waals surface area (Å²) in [5, 5.41) is 6.68. The van der Waals surface area contributed by atoms with Crippen molar-refractivity contribution < 1.29 is 4.42 Å². The molecule has 0 spiro atoms. The third-order valence-electron chi connectivity index (χ3n) is 2.24. The van der Waals surface area contributed by atoms with Gasteiger partial charge in [0.25, 0.3) is 0 Å². The zero-order valence-electron chi connectivity index (χ0n) is 7.65. The highest BCUT2D eigenvalue weighted by Crippen LogP contribution is 2.27. The lowest BCUT2D eigenvalue weighted by atomic mass is 10.2. The molecule has 2 aromatic heterocycles. The Balaban J connectivity index is 2.32. The van der Waals surface area contributed by atoms with Crippen LogP contribution in [-0.4, -0.2) is 15.2 Å². The van der Waals surface area contributed by atoms with Gasteiger partial charge in [-0.1, -0.05) is 18.2 Å². The van der Waals surface area contributed by atoms with Gasteiger partial charge >= 0.3 is 0 Å². The summed E-state index contributed by atoms with van der Waals surface area (Å²) in [5.74, 6) is 0.699. The van der Waals surface area contributed by atoms with Gasteiger partial charge in [-0.05, 0) is 18.3 Å². The van der Waals surface area contributed by atoms with Gasteiger partial charge in [0.2, 0.25) is 4.77 Å². The van der Waals surface area contributed by atoms with Crippen LogP contribution < -0.4 is 0 Å². The molecule has 0 atom stereocenters. The van der Waals surface area contributed by atoms with E-state index in [9.17, 15) is 0 Å². The van der Waals surface area contributed by atoms with Crippen LogP contribution in [0, 0.1) is 4.77 Å². The average molecular weight is 217 g/mol. The zero-order chi connectivity index (χ0) is 10.3. The Kier molecular flexibility index (Phi) is 1.72. The van der Waals surface area contributed by atoms with Gasteiger partial charge in [-0.2, -0.15) is 4.98 Å². The lowest BCUT2D eigenvalue weighted by Crippen LogP contribution is -1.77. The topological polar surface area (TPSA) is 57.6 Å². The summed E-state index contributed by atoms with van der Waals surface area (Å²) < 4.78 is 5.84. The number of para-hydroxylation sites is 1. The summed E-state index contributed by atoms with van der Waals surface area (Å²) in [7, 11) is 0. The number of hydrogen-bond donors (Lipinski definition) is 2. The SMILES string of the molecule is S=c1nc(-c2coc3ccccc23)[nH][nH]1. The summed E-state index contributed by atoms with van der Waals surface area (Å²) in [5.41, 5.74) is 1.76. The van der Waals surface area contributed by atoms with Crippen LogP contribution >= 0.6 is 12.2 Å². The number of hydrogen-bond acceptors (Lipinski definition) is 3. The minimum Gasteiger partial charge on any atom is -0.464 e. The standard InChI is InChI=1S/C10H7N3OS/c15-10-11-9(12-13-10)7-5-14-8-4-2-1-3-6(7)8/h1-5H,(H2,11,12,13,15). The molecule has 0 aliphatic heterocycles. The molecule has 2 N–H and O–H groups in total. The van der Waals surface area contributed by atoms with Crippen molar-refractivity contribution >= 4 is 23.2 Å². The van der Waals surface area contributed by atoms with Gasteiger partial charge < -0.3 is 4.42 Å². The second kappa shape index (κ2) is 3.06. The minimum atomic E-state index is 0.440. The highest BCUT2D eigenvalue weighted by molar-refractivity contribution is 7.71. The molecule has 4 nitrogen and oxygen atoms in total. The molecule has 0 amide bonds. The summed E-state index contributed by atoms with van der Waals surface area (Å²) in [6, 6.07) is 7.80. The van der Waals surface area contributed by atoms with Gasteiger partial charge in [-0.25, -0.2) is 0 Å². The van der Waals surface area contributed by atoms with Crippen molar-refractivity contribution in [2.75, 3.05) is 0 Å². The Bertz CT molecular complexity index is 664. The smallest absolute Gasteiger partial charge is 0.213 e. The Morgan fingerprint density at radius 2 is 2.07 bits per heavy atom. The van der Waals surface area contributed by atoms with Crippen LogP contribution in [0.3, 0.4) is 0 Å². The summed E-state index contributed by atoms with van der Waals surface area (Å²) in [4.78, 5) is 4.15. The van der Waals surface area contributed by atoms with Crippen LogP contribution in [0.15, 0.2) is 34.9 Å². The van der Waals surface area contributed by atoms with Gasteiger partial charge in [-0.3, -0.25) is 10.2 Å². The van der Waals surface area contributed by atoms with E-state index in [4.69, 9.17) is 16.6 Å². The van der Waals surface area contributed by atoms with E-state index < -0.39 is 0 Å². The van der Waals surface area contributed by atoms with Gasteiger partial charge in [0, 0.05) is 5.39 Å². The van der Waals surface area contributed by atoms with E-state index >= 15 is 0 Å². The van der Waals surface area contributed by atoms with E-state index in [1.165, 1.54) is 0 Å². The van der Waals surface area contributed by atoms with E-state index in [0.717, 1.165) is 16.5 Å². The number of aromatic nitrogens is 3. The molecule has 0 aliphatic rings. The molecule has 3 aromatic rings. The van der Waals surface area contributed by atoms with Gasteiger partial charge in [0.1, 0.15) is 11.8 Å². The first kappa shape index (κ1) is 8.43. The van der Waals surface area contributed by atoms with Crippen molar-refractivity contribution in [3.05, 3.63) is 35.3 Å². The second-order valence-electron chi connectivity index (χ2n) is 3.16. The van der Waals surface area contributed by atoms with Gasteiger partial charge in [0.15, 0.2) is 5.82 Å². The number of rotatable bonds is 1. The maximum atomic E-state index is 5.40. The maximum absolute atomic E-state index is 5.40. The van der Waals surface area contributed by atoms with Crippen LogP contribution in [0.4, 0.5) is 0 Å². The molecule has 74 valence electrons. The van der Waals surface area contributed by atoms with Crippen LogP contribution in [0.25, 0.3) is 22.4 Å². The third kappa shape index (κ3) is 1.28.